The van der Waals surface area contributed by atoms with Crippen molar-refractivity contribution < 1.29 is 69.0 Å². The average Bonchev–Trinajstić information content (AvgIpc) is 3.64. The summed E-state index contributed by atoms with van der Waals surface area (Å²) in [4.78, 5) is 0. The predicted octanol–water partition coefficient (Wildman–Crippen LogP) is 8.45. The van der Waals surface area contributed by atoms with Crippen LogP contribution in [0.2, 0.25) is 0 Å². The molecule has 0 radical (unpaired) electrons. The van der Waals surface area contributed by atoms with Gasteiger partial charge in [0, 0.05) is 11.4 Å². The maximum atomic E-state index is 9.87. The summed E-state index contributed by atoms with van der Waals surface area (Å²) in [7, 11) is -17.3. The van der Waals surface area contributed by atoms with Gasteiger partial charge in [0.05, 0.1) is 65.0 Å². The molecule has 4 rings (SSSR count). The van der Waals surface area contributed by atoms with Crippen molar-refractivity contribution in [3.05, 3.63) is 72.4 Å². The van der Waals surface area contributed by atoms with Crippen LogP contribution in [0.4, 0.5) is 50.4 Å². The SMILES string of the molecule is Cc1cc(C)n(CCOCCn2cc[n+](C)c2)n1.Cc1cc(C)n(CCOCCn2cc[n+](C)c2)n1.F[P-](F)(F)(F)(F)F.F[P-](F)(F)(F)(F)F. The number of nitrogens with zero attached hydrogens (tertiary/aromatic N) is 8. The summed E-state index contributed by atoms with van der Waals surface area (Å²) >= 11 is 0. The summed E-state index contributed by atoms with van der Waals surface area (Å²) in [5.41, 5.74) is 4.50. The Morgan fingerprint density at radius 3 is 1.04 bits per heavy atom. The van der Waals surface area contributed by atoms with Crippen molar-refractivity contribution in [1.82, 2.24) is 28.7 Å². The van der Waals surface area contributed by atoms with Gasteiger partial charge in [0.2, 0.25) is 12.7 Å². The molecule has 10 nitrogen and oxygen atoms in total. The molecular weight excluding hydrogens is 746 g/mol. The molecule has 0 fully saturated rings. The Hall–Kier alpha value is -3.22. The monoisotopic (exact) mass is 788 g/mol. The zero-order valence-electron chi connectivity index (χ0n) is 28.1. The number of hydrogen-bond acceptors (Lipinski definition) is 4. The molecule has 0 aromatic carbocycles. The molecule has 0 saturated heterocycles. The molecule has 0 aliphatic carbocycles. The number of rotatable bonds is 12. The molecule has 0 saturated carbocycles. The Kier molecular flexibility index (Phi) is 14.0. The van der Waals surface area contributed by atoms with E-state index in [0.717, 1.165) is 50.8 Å². The van der Waals surface area contributed by atoms with Crippen molar-refractivity contribution in [2.45, 2.75) is 53.9 Å². The van der Waals surface area contributed by atoms with Crippen molar-refractivity contribution in [1.29, 1.82) is 0 Å². The molecule has 4 aromatic heterocycles. The van der Waals surface area contributed by atoms with E-state index in [2.05, 4.69) is 45.3 Å². The fourth-order valence-corrected chi connectivity index (χ4v) is 3.92. The third-order valence-corrected chi connectivity index (χ3v) is 5.74. The number of aryl methyl sites for hydroxylation is 6. The van der Waals surface area contributed by atoms with Gasteiger partial charge in [0.1, 0.15) is 37.9 Å². The summed E-state index contributed by atoms with van der Waals surface area (Å²) in [5, 5.41) is 8.79. The molecule has 0 aliphatic heterocycles. The fourth-order valence-electron chi connectivity index (χ4n) is 3.92. The third-order valence-electron chi connectivity index (χ3n) is 5.74. The van der Waals surface area contributed by atoms with Gasteiger partial charge in [-0.1, -0.05) is 0 Å². The first-order valence-electron chi connectivity index (χ1n) is 14.5. The Balaban J connectivity index is 0.000000367. The Morgan fingerprint density at radius 1 is 0.540 bits per heavy atom. The molecule has 0 unspecified atom stereocenters. The summed E-state index contributed by atoms with van der Waals surface area (Å²) in [6.45, 7) is 14.4. The van der Waals surface area contributed by atoms with Crippen molar-refractivity contribution in [2.24, 2.45) is 14.1 Å². The molecule has 0 spiro atoms. The van der Waals surface area contributed by atoms with Crippen LogP contribution in [0.25, 0.3) is 0 Å². The van der Waals surface area contributed by atoms with E-state index in [9.17, 15) is 50.4 Å². The standard InChI is InChI=1S/2C13H21N4O.2F6P/c2*1-12-10-13(2)17(14-12)7-9-18-8-6-16-5-4-15(3)11-16;2*1-7(2,3,4,5)6/h2*4-5,10-11H,6-9H2,1-3H3;;/q2*+1;2*-1. The predicted molar refractivity (Wildman–Crippen MR) is 163 cm³/mol. The number of halogens is 12. The number of aromatic nitrogens is 8. The first kappa shape index (κ1) is 44.8. The second-order valence-corrected chi connectivity index (χ2v) is 14.9. The molecule has 292 valence electrons. The van der Waals surface area contributed by atoms with E-state index in [0.29, 0.717) is 13.2 Å². The minimum atomic E-state index is -10.7. The second-order valence-electron chi connectivity index (χ2n) is 11.1. The van der Waals surface area contributed by atoms with Gasteiger partial charge in [0.25, 0.3) is 0 Å². The molecule has 4 aromatic rings. The van der Waals surface area contributed by atoms with E-state index in [1.54, 1.807) is 0 Å². The van der Waals surface area contributed by atoms with Gasteiger partial charge >= 0.3 is 66.0 Å². The van der Waals surface area contributed by atoms with E-state index in [4.69, 9.17) is 9.47 Å². The van der Waals surface area contributed by atoms with Gasteiger partial charge in [-0.3, -0.25) is 9.36 Å². The van der Waals surface area contributed by atoms with Gasteiger partial charge < -0.3 is 9.47 Å². The minimum absolute atomic E-state index is 0.704. The van der Waals surface area contributed by atoms with Crippen LogP contribution >= 0.6 is 15.6 Å². The molecular formula is C26H42F12N8O2P2. The fraction of sp³-hybridized carbons (Fsp3) is 0.538. The quantitative estimate of drug-likeness (QED) is 0.0626. The molecule has 0 bridgehead atoms. The zero-order chi connectivity index (χ0) is 38.7. The molecule has 4 heterocycles. The van der Waals surface area contributed by atoms with Crippen LogP contribution in [0.15, 0.2) is 49.6 Å². The van der Waals surface area contributed by atoms with Crippen LogP contribution in [0.1, 0.15) is 22.8 Å². The van der Waals surface area contributed by atoms with Gasteiger partial charge in [-0.25, -0.2) is 18.3 Å². The van der Waals surface area contributed by atoms with Gasteiger partial charge in [-0.15, -0.1) is 0 Å². The van der Waals surface area contributed by atoms with E-state index in [1.807, 2.05) is 83.9 Å². The molecule has 0 atom stereocenters. The van der Waals surface area contributed by atoms with E-state index >= 15 is 0 Å². The number of imidazole rings is 2. The van der Waals surface area contributed by atoms with Crippen molar-refractivity contribution >= 4 is 15.6 Å². The van der Waals surface area contributed by atoms with Crippen LogP contribution < -0.4 is 9.13 Å². The summed E-state index contributed by atoms with van der Waals surface area (Å²) in [6.07, 6.45) is 12.2. The van der Waals surface area contributed by atoms with Crippen LogP contribution in [0.5, 0.6) is 0 Å². The second kappa shape index (κ2) is 15.6. The third kappa shape index (κ3) is 28.6. The average molecular weight is 789 g/mol. The Morgan fingerprint density at radius 2 is 0.820 bits per heavy atom. The van der Waals surface area contributed by atoms with Crippen LogP contribution in [-0.2, 0) is 49.7 Å². The van der Waals surface area contributed by atoms with E-state index < -0.39 is 15.6 Å². The molecule has 24 heteroatoms. The maximum absolute atomic E-state index is 10.7. The Bertz CT molecular complexity index is 1490. The Labute approximate surface area is 280 Å². The normalized spacial score (nSPS) is 14.4. The first-order valence-corrected chi connectivity index (χ1v) is 18.6. The van der Waals surface area contributed by atoms with Crippen molar-refractivity contribution in [3.8, 4) is 0 Å². The van der Waals surface area contributed by atoms with Gasteiger partial charge in [0.15, 0.2) is 0 Å². The number of ether oxygens (including phenoxy) is 2. The van der Waals surface area contributed by atoms with Gasteiger partial charge in [-0.05, 0) is 39.8 Å². The molecule has 0 amide bonds. The summed E-state index contributed by atoms with van der Waals surface area (Å²) in [6, 6.07) is 4.17. The van der Waals surface area contributed by atoms with Crippen LogP contribution in [0, 0.1) is 27.7 Å². The topological polar surface area (TPSA) is 71.7 Å². The van der Waals surface area contributed by atoms with E-state index in [1.165, 1.54) is 11.4 Å². The molecule has 0 aliphatic rings. The van der Waals surface area contributed by atoms with Crippen LogP contribution in [0.3, 0.4) is 0 Å². The molecule has 0 N–H and O–H groups in total. The van der Waals surface area contributed by atoms with Crippen molar-refractivity contribution in [3.63, 3.8) is 0 Å². The van der Waals surface area contributed by atoms with E-state index in [-0.39, 0.29) is 0 Å². The van der Waals surface area contributed by atoms with Crippen molar-refractivity contribution in [2.75, 3.05) is 26.4 Å². The molecule has 50 heavy (non-hydrogen) atoms. The number of hydrogen-bond donors (Lipinski definition) is 0. The van der Waals surface area contributed by atoms with Crippen LogP contribution in [-0.4, -0.2) is 55.1 Å². The van der Waals surface area contributed by atoms with Gasteiger partial charge in [-0.2, -0.15) is 10.2 Å². The summed E-state index contributed by atoms with van der Waals surface area (Å²) in [5.74, 6) is 0. The summed E-state index contributed by atoms with van der Waals surface area (Å²) < 4.78 is 142. The zero-order valence-corrected chi connectivity index (χ0v) is 29.9. The first-order chi connectivity index (χ1) is 22.2.